The number of sulfonamides is 1. The van der Waals surface area contributed by atoms with Gasteiger partial charge >= 0.3 is 0 Å². The molecule has 0 aliphatic rings. The van der Waals surface area contributed by atoms with Crippen molar-refractivity contribution in [2.24, 2.45) is 0 Å². The molecule has 120 valence electrons. The first-order valence-electron chi connectivity index (χ1n) is 6.00. The van der Waals surface area contributed by atoms with Gasteiger partial charge in [-0.25, -0.2) is 21.6 Å². The van der Waals surface area contributed by atoms with Crippen LogP contribution in [0.5, 0.6) is 0 Å². The van der Waals surface area contributed by atoms with Crippen molar-refractivity contribution in [3.63, 3.8) is 0 Å². The second-order valence-corrected chi connectivity index (χ2v) is 8.35. The Bertz CT molecular complexity index is 747. The maximum Gasteiger partial charge on any atom is 0.259 e. The lowest BCUT2D eigenvalue weighted by Gasteiger charge is -2.26. The first-order chi connectivity index (χ1) is 10.2. The zero-order valence-electron chi connectivity index (χ0n) is 11.2. The SMILES string of the molecule is CN(C(c1ccc(F)cc1)C(F)F)S(=O)(=O)c1ccc(Cl)s1. The Labute approximate surface area is 135 Å². The standard InChI is InChI=1S/C13H11ClF3NO2S2/c1-18(22(19,20)11-7-6-10(14)21-11)12(13(16)17)8-2-4-9(15)5-3-8/h2-7,12-13H,1H3. The third-order valence-corrected chi connectivity index (χ3v) is 6.56. The average Bonchev–Trinajstić information content (AvgIpc) is 2.88. The summed E-state index contributed by atoms with van der Waals surface area (Å²) in [4.78, 5) is 0. The molecule has 0 saturated heterocycles. The summed E-state index contributed by atoms with van der Waals surface area (Å²) in [5.74, 6) is -0.590. The van der Waals surface area contributed by atoms with Crippen LogP contribution in [0.4, 0.5) is 13.2 Å². The van der Waals surface area contributed by atoms with E-state index >= 15 is 0 Å². The van der Waals surface area contributed by atoms with E-state index in [4.69, 9.17) is 11.6 Å². The van der Waals surface area contributed by atoms with E-state index in [1.165, 1.54) is 12.1 Å². The van der Waals surface area contributed by atoms with Crippen LogP contribution in [0.15, 0.2) is 40.6 Å². The predicted molar refractivity (Wildman–Crippen MR) is 79.4 cm³/mol. The highest BCUT2D eigenvalue weighted by Crippen LogP contribution is 2.34. The molecule has 1 heterocycles. The van der Waals surface area contributed by atoms with Gasteiger partial charge in [-0.2, -0.15) is 4.31 Å². The van der Waals surface area contributed by atoms with Gasteiger partial charge in [-0.05, 0) is 29.8 Å². The summed E-state index contributed by atoms with van der Waals surface area (Å²) in [6.45, 7) is 0. The maximum atomic E-state index is 13.4. The molecule has 0 saturated carbocycles. The van der Waals surface area contributed by atoms with Crippen LogP contribution >= 0.6 is 22.9 Å². The molecule has 0 fully saturated rings. The molecule has 0 N–H and O–H groups in total. The van der Waals surface area contributed by atoms with Crippen LogP contribution in [0.2, 0.25) is 4.34 Å². The number of hydrogen-bond donors (Lipinski definition) is 0. The molecule has 0 amide bonds. The van der Waals surface area contributed by atoms with E-state index in [2.05, 4.69) is 0 Å². The molecule has 1 atom stereocenters. The van der Waals surface area contributed by atoms with Gasteiger partial charge in [-0.3, -0.25) is 0 Å². The molecule has 0 spiro atoms. The Kier molecular flexibility index (Phi) is 5.16. The molecular weight excluding hydrogens is 359 g/mol. The van der Waals surface area contributed by atoms with Gasteiger partial charge < -0.3 is 0 Å². The summed E-state index contributed by atoms with van der Waals surface area (Å²) >= 11 is 6.47. The lowest BCUT2D eigenvalue weighted by Crippen LogP contribution is -2.34. The summed E-state index contributed by atoms with van der Waals surface area (Å²) < 4.78 is 65.1. The van der Waals surface area contributed by atoms with Crippen molar-refractivity contribution in [2.75, 3.05) is 7.05 Å². The molecule has 3 nitrogen and oxygen atoms in total. The van der Waals surface area contributed by atoms with Gasteiger partial charge in [0.05, 0.1) is 4.34 Å². The maximum absolute atomic E-state index is 13.4. The molecule has 0 aliphatic heterocycles. The molecule has 1 unspecified atom stereocenters. The number of rotatable bonds is 5. The Hall–Kier alpha value is -1.09. The third-order valence-electron chi connectivity index (χ3n) is 3.02. The van der Waals surface area contributed by atoms with Crippen molar-refractivity contribution >= 4 is 33.0 Å². The molecular formula is C13H11ClF3NO2S2. The minimum absolute atomic E-state index is 0.00475. The van der Waals surface area contributed by atoms with Crippen LogP contribution in [0.1, 0.15) is 11.6 Å². The monoisotopic (exact) mass is 369 g/mol. The highest BCUT2D eigenvalue weighted by Gasteiger charge is 2.36. The fourth-order valence-corrected chi connectivity index (χ4v) is 4.90. The Morgan fingerprint density at radius 1 is 1.14 bits per heavy atom. The lowest BCUT2D eigenvalue weighted by atomic mass is 10.1. The zero-order chi connectivity index (χ0) is 16.5. The smallest absolute Gasteiger partial charge is 0.208 e. The number of halogens is 4. The molecule has 22 heavy (non-hydrogen) atoms. The summed E-state index contributed by atoms with van der Waals surface area (Å²) in [6.07, 6.45) is -2.97. The van der Waals surface area contributed by atoms with Crippen LogP contribution in [-0.4, -0.2) is 26.2 Å². The topological polar surface area (TPSA) is 37.4 Å². The average molecular weight is 370 g/mol. The minimum Gasteiger partial charge on any atom is -0.208 e. The second-order valence-electron chi connectivity index (χ2n) is 4.41. The van der Waals surface area contributed by atoms with E-state index in [0.717, 1.165) is 42.6 Å². The first-order valence-corrected chi connectivity index (χ1v) is 8.64. The summed E-state index contributed by atoms with van der Waals surface area (Å²) in [6, 6.07) is 5.21. The van der Waals surface area contributed by atoms with Gasteiger partial charge in [-0.15, -0.1) is 11.3 Å². The van der Waals surface area contributed by atoms with Crippen LogP contribution in [-0.2, 0) is 10.0 Å². The molecule has 1 aromatic carbocycles. The number of alkyl halides is 2. The van der Waals surface area contributed by atoms with Gasteiger partial charge in [-0.1, -0.05) is 23.7 Å². The Balaban J connectivity index is 2.42. The molecule has 9 heteroatoms. The fourth-order valence-electron chi connectivity index (χ4n) is 1.90. The van der Waals surface area contributed by atoms with Crippen LogP contribution in [0, 0.1) is 5.82 Å². The fraction of sp³-hybridized carbons (Fsp3) is 0.231. The van der Waals surface area contributed by atoms with E-state index in [1.807, 2.05) is 0 Å². The van der Waals surface area contributed by atoms with Crippen molar-refractivity contribution in [1.82, 2.24) is 4.31 Å². The largest absolute Gasteiger partial charge is 0.259 e. The van der Waals surface area contributed by atoms with E-state index in [9.17, 15) is 21.6 Å². The highest BCUT2D eigenvalue weighted by molar-refractivity contribution is 7.91. The molecule has 0 radical (unpaired) electrons. The molecule has 0 aliphatic carbocycles. The zero-order valence-corrected chi connectivity index (χ0v) is 13.6. The Morgan fingerprint density at radius 3 is 2.18 bits per heavy atom. The third kappa shape index (κ3) is 3.45. The van der Waals surface area contributed by atoms with Crippen molar-refractivity contribution in [1.29, 1.82) is 0 Å². The summed E-state index contributed by atoms with van der Waals surface area (Å²) in [5.41, 5.74) is 0.00475. The normalized spacial score (nSPS) is 13.8. The minimum atomic E-state index is -4.13. The van der Waals surface area contributed by atoms with Gasteiger partial charge in [0, 0.05) is 7.05 Å². The van der Waals surface area contributed by atoms with Crippen LogP contribution < -0.4 is 0 Å². The molecule has 2 aromatic rings. The summed E-state index contributed by atoms with van der Waals surface area (Å²) in [5, 5.41) is 0. The van der Waals surface area contributed by atoms with E-state index in [1.54, 1.807) is 0 Å². The highest BCUT2D eigenvalue weighted by atomic mass is 35.5. The molecule has 1 aromatic heterocycles. The number of benzene rings is 1. The number of nitrogens with zero attached hydrogens (tertiary/aromatic N) is 1. The van der Waals surface area contributed by atoms with E-state index in [-0.39, 0.29) is 14.1 Å². The summed E-state index contributed by atoms with van der Waals surface area (Å²) in [7, 11) is -3.07. The molecule has 0 bridgehead atoms. The van der Waals surface area contributed by atoms with Gasteiger partial charge in [0.2, 0.25) is 0 Å². The van der Waals surface area contributed by atoms with Gasteiger partial charge in [0.1, 0.15) is 16.1 Å². The van der Waals surface area contributed by atoms with Gasteiger partial charge in [0.15, 0.2) is 0 Å². The number of thiophene rings is 1. The van der Waals surface area contributed by atoms with E-state index in [0.29, 0.717) is 4.31 Å². The van der Waals surface area contributed by atoms with Crippen molar-refractivity contribution in [2.45, 2.75) is 16.7 Å². The predicted octanol–water partition coefficient (Wildman–Crippen LogP) is 4.17. The first kappa shape index (κ1) is 17.3. The van der Waals surface area contributed by atoms with Crippen molar-refractivity contribution in [3.05, 3.63) is 52.1 Å². The van der Waals surface area contributed by atoms with Crippen LogP contribution in [0.3, 0.4) is 0 Å². The quantitative estimate of drug-likeness (QED) is 0.793. The second kappa shape index (κ2) is 6.57. The Morgan fingerprint density at radius 2 is 1.73 bits per heavy atom. The van der Waals surface area contributed by atoms with Crippen molar-refractivity contribution < 1.29 is 21.6 Å². The number of hydrogen-bond acceptors (Lipinski definition) is 3. The van der Waals surface area contributed by atoms with Gasteiger partial charge in [0.25, 0.3) is 16.4 Å². The van der Waals surface area contributed by atoms with Crippen molar-refractivity contribution in [3.8, 4) is 0 Å². The lowest BCUT2D eigenvalue weighted by molar-refractivity contribution is 0.0699. The van der Waals surface area contributed by atoms with E-state index < -0.39 is 28.3 Å². The molecule has 2 rings (SSSR count). The van der Waals surface area contributed by atoms with Crippen LogP contribution in [0.25, 0.3) is 0 Å².